The summed E-state index contributed by atoms with van der Waals surface area (Å²) in [7, 11) is 1.72. The molecule has 0 unspecified atom stereocenters. The molecule has 0 aliphatic carbocycles. The van der Waals surface area contributed by atoms with E-state index in [4.69, 9.17) is 22.7 Å². The SMILES string of the molecule is CCC(CC)N(CCOC)c1cc(C(N)=S)cc(C)n1. The number of nitrogens with zero attached hydrogens (tertiary/aromatic N) is 2. The van der Waals surface area contributed by atoms with Crippen molar-refractivity contribution in [3.63, 3.8) is 0 Å². The molecule has 0 spiro atoms. The molecule has 0 fully saturated rings. The van der Waals surface area contributed by atoms with Gasteiger partial charge in [-0.3, -0.25) is 0 Å². The summed E-state index contributed by atoms with van der Waals surface area (Å²) in [6, 6.07) is 4.34. The second-order valence-electron chi connectivity index (χ2n) is 4.88. The van der Waals surface area contributed by atoms with Crippen LogP contribution in [0.5, 0.6) is 0 Å². The Morgan fingerprint density at radius 3 is 2.55 bits per heavy atom. The van der Waals surface area contributed by atoms with Crippen LogP contribution in [0.1, 0.15) is 37.9 Å². The topological polar surface area (TPSA) is 51.4 Å². The lowest BCUT2D eigenvalue weighted by Crippen LogP contribution is -2.38. The molecule has 1 aromatic heterocycles. The molecule has 4 nitrogen and oxygen atoms in total. The van der Waals surface area contributed by atoms with Crippen LogP contribution in [0.4, 0.5) is 5.82 Å². The maximum absolute atomic E-state index is 5.75. The fourth-order valence-corrected chi connectivity index (χ4v) is 2.46. The zero-order valence-electron chi connectivity index (χ0n) is 12.8. The van der Waals surface area contributed by atoms with Crippen molar-refractivity contribution >= 4 is 23.0 Å². The maximum atomic E-state index is 5.75. The first-order valence-corrected chi connectivity index (χ1v) is 7.48. The van der Waals surface area contributed by atoms with Crippen molar-refractivity contribution < 1.29 is 4.74 Å². The molecule has 1 aromatic rings. The van der Waals surface area contributed by atoms with E-state index in [0.29, 0.717) is 17.6 Å². The van der Waals surface area contributed by atoms with Gasteiger partial charge in [-0.15, -0.1) is 0 Å². The first-order valence-electron chi connectivity index (χ1n) is 7.07. The molecule has 0 saturated carbocycles. The Morgan fingerprint density at radius 2 is 2.05 bits per heavy atom. The van der Waals surface area contributed by atoms with Crippen LogP contribution in [0.15, 0.2) is 12.1 Å². The minimum Gasteiger partial charge on any atom is -0.389 e. The average molecular weight is 295 g/mol. The number of hydrogen-bond donors (Lipinski definition) is 1. The summed E-state index contributed by atoms with van der Waals surface area (Å²) in [6.07, 6.45) is 2.14. The molecule has 1 rings (SSSR count). The number of thiocarbonyl (C=S) groups is 1. The van der Waals surface area contributed by atoms with Gasteiger partial charge < -0.3 is 15.4 Å². The zero-order chi connectivity index (χ0) is 15.1. The van der Waals surface area contributed by atoms with Gasteiger partial charge in [0.1, 0.15) is 10.8 Å². The molecular weight excluding hydrogens is 270 g/mol. The van der Waals surface area contributed by atoms with E-state index in [-0.39, 0.29) is 0 Å². The molecule has 0 bridgehead atoms. The van der Waals surface area contributed by atoms with Crippen LogP contribution in [-0.2, 0) is 4.74 Å². The van der Waals surface area contributed by atoms with Gasteiger partial charge in [-0.1, -0.05) is 26.1 Å². The summed E-state index contributed by atoms with van der Waals surface area (Å²) in [5, 5.41) is 0. The Hall–Kier alpha value is -1.20. The summed E-state index contributed by atoms with van der Waals surface area (Å²) >= 11 is 5.08. The molecule has 0 radical (unpaired) electrons. The number of aromatic nitrogens is 1. The Morgan fingerprint density at radius 1 is 1.40 bits per heavy atom. The van der Waals surface area contributed by atoms with Crippen molar-refractivity contribution in [2.24, 2.45) is 5.73 Å². The number of pyridine rings is 1. The third kappa shape index (κ3) is 4.42. The van der Waals surface area contributed by atoms with E-state index < -0.39 is 0 Å². The van der Waals surface area contributed by atoms with E-state index in [1.807, 2.05) is 19.1 Å². The van der Waals surface area contributed by atoms with E-state index in [0.717, 1.165) is 36.5 Å². The van der Waals surface area contributed by atoms with E-state index in [9.17, 15) is 0 Å². The van der Waals surface area contributed by atoms with Gasteiger partial charge in [-0.05, 0) is 31.9 Å². The van der Waals surface area contributed by atoms with Gasteiger partial charge in [-0.25, -0.2) is 4.98 Å². The molecule has 0 saturated heterocycles. The van der Waals surface area contributed by atoms with Crippen molar-refractivity contribution in [1.82, 2.24) is 4.98 Å². The highest BCUT2D eigenvalue weighted by Crippen LogP contribution is 2.20. The van der Waals surface area contributed by atoms with Crippen LogP contribution in [0, 0.1) is 6.92 Å². The maximum Gasteiger partial charge on any atom is 0.129 e. The van der Waals surface area contributed by atoms with Crippen molar-refractivity contribution in [3.05, 3.63) is 23.4 Å². The molecule has 20 heavy (non-hydrogen) atoms. The number of anilines is 1. The Labute approximate surface area is 127 Å². The number of hydrogen-bond acceptors (Lipinski definition) is 4. The number of ether oxygens (including phenoxy) is 1. The van der Waals surface area contributed by atoms with Crippen LogP contribution in [0.3, 0.4) is 0 Å². The lowest BCUT2D eigenvalue weighted by Gasteiger charge is -2.32. The van der Waals surface area contributed by atoms with Gasteiger partial charge in [0.25, 0.3) is 0 Å². The molecule has 0 aromatic carbocycles. The third-order valence-electron chi connectivity index (χ3n) is 3.44. The van der Waals surface area contributed by atoms with E-state index >= 15 is 0 Å². The predicted molar refractivity (Wildman–Crippen MR) is 88.5 cm³/mol. The standard InChI is InChI=1S/C15H25N3OS/c1-5-13(6-2)18(7-8-19-4)14-10-12(15(16)20)9-11(3)17-14/h9-10,13H,5-8H2,1-4H3,(H2,16,20). The average Bonchev–Trinajstić information content (AvgIpc) is 2.42. The lowest BCUT2D eigenvalue weighted by atomic mass is 10.1. The highest BCUT2D eigenvalue weighted by atomic mass is 32.1. The molecule has 5 heteroatoms. The molecule has 2 N–H and O–H groups in total. The van der Waals surface area contributed by atoms with E-state index in [2.05, 4.69) is 23.7 Å². The Balaban J connectivity index is 3.14. The first kappa shape index (κ1) is 16.9. The molecule has 0 aliphatic heterocycles. The van der Waals surface area contributed by atoms with Crippen LogP contribution < -0.4 is 10.6 Å². The Kier molecular flexibility index (Phi) is 6.88. The molecule has 1 heterocycles. The lowest BCUT2D eigenvalue weighted by molar-refractivity contribution is 0.202. The summed E-state index contributed by atoms with van der Waals surface area (Å²) in [6.45, 7) is 7.84. The first-order chi connectivity index (χ1) is 9.53. The highest BCUT2D eigenvalue weighted by molar-refractivity contribution is 7.80. The monoisotopic (exact) mass is 295 g/mol. The minimum absolute atomic E-state index is 0.410. The molecule has 112 valence electrons. The molecule has 0 aliphatic rings. The van der Waals surface area contributed by atoms with Crippen molar-refractivity contribution in [3.8, 4) is 0 Å². The van der Waals surface area contributed by atoms with Gasteiger partial charge in [0.05, 0.1) is 6.61 Å². The molecular formula is C15H25N3OS. The van der Waals surface area contributed by atoms with Crippen LogP contribution in [-0.4, -0.2) is 36.3 Å². The van der Waals surface area contributed by atoms with E-state index in [1.165, 1.54) is 0 Å². The predicted octanol–water partition coefficient (Wildman–Crippen LogP) is 2.67. The quantitative estimate of drug-likeness (QED) is 0.747. The second-order valence-corrected chi connectivity index (χ2v) is 5.32. The number of aryl methyl sites for hydroxylation is 1. The molecule has 0 atom stereocenters. The van der Waals surface area contributed by atoms with Crippen molar-refractivity contribution in [2.45, 2.75) is 39.7 Å². The largest absolute Gasteiger partial charge is 0.389 e. The third-order valence-corrected chi connectivity index (χ3v) is 3.67. The second kappa shape index (κ2) is 8.17. The zero-order valence-corrected chi connectivity index (χ0v) is 13.7. The summed E-state index contributed by atoms with van der Waals surface area (Å²) < 4.78 is 5.22. The fraction of sp³-hybridized carbons (Fsp3) is 0.600. The number of rotatable bonds is 8. The summed E-state index contributed by atoms with van der Waals surface area (Å²) in [5.74, 6) is 0.929. The van der Waals surface area contributed by atoms with Crippen molar-refractivity contribution in [2.75, 3.05) is 25.2 Å². The minimum atomic E-state index is 0.410. The van der Waals surface area contributed by atoms with Crippen LogP contribution in [0.2, 0.25) is 0 Å². The summed E-state index contributed by atoms with van der Waals surface area (Å²) in [4.78, 5) is 7.34. The smallest absolute Gasteiger partial charge is 0.129 e. The summed E-state index contributed by atoms with van der Waals surface area (Å²) in [5.41, 5.74) is 7.55. The van der Waals surface area contributed by atoms with Gasteiger partial charge >= 0.3 is 0 Å². The fourth-order valence-electron chi connectivity index (χ4n) is 2.34. The van der Waals surface area contributed by atoms with Gasteiger partial charge in [-0.2, -0.15) is 0 Å². The molecule has 0 amide bonds. The normalized spacial score (nSPS) is 10.8. The number of methoxy groups -OCH3 is 1. The van der Waals surface area contributed by atoms with Gasteiger partial charge in [0.15, 0.2) is 0 Å². The van der Waals surface area contributed by atoms with Crippen LogP contribution in [0.25, 0.3) is 0 Å². The van der Waals surface area contributed by atoms with Gasteiger partial charge in [0.2, 0.25) is 0 Å². The highest BCUT2D eigenvalue weighted by Gasteiger charge is 2.18. The number of nitrogens with two attached hydrogens (primary N) is 1. The van der Waals surface area contributed by atoms with Crippen molar-refractivity contribution in [1.29, 1.82) is 0 Å². The van der Waals surface area contributed by atoms with Gasteiger partial charge in [0, 0.05) is 31.0 Å². The Bertz CT molecular complexity index is 447. The van der Waals surface area contributed by atoms with Crippen LogP contribution >= 0.6 is 12.2 Å². The van der Waals surface area contributed by atoms with E-state index in [1.54, 1.807) is 7.11 Å².